The summed E-state index contributed by atoms with van der Waals surface area (Å²) in [6.07, 6.45) is 6.09. The van der Waals surface area contributed by atoms with Gasteiger partial charge in [-0.05, 0) is 98.6 Å². The van der Waals surface area contributed by atoms with Crippen molar-refractivity contribution >= 4 is 22.6 Å². The van der Waals surface area contributed by atoms with Crippen LogP contribution in [0.2, 0.25) is 0 Å². The number of hydrogen-bond acceptors (Lipinski definition) is 6. The lowest BCUT2D eigenvalue weighted by Crippen LogP contribution is -2.42. The van der Waals surface area contributed by atoms with Crippen molar-refractivity contribution in [2.75, 3.05) is 44.2 Å². The molecule has 0 unspecified atom stereocenters. The number of anilines is 1. The summed E-state index contributed by atoms with van der Waals surface area (Å²) in [4.78, 5) is 26.5. The number of amides is 1. The molecule has 7 nitrogen and oxygen atoms in total. The summed E-state index contributed by atoms with van der Waals surface area (Å²) in [5.74, 6) is 0.858. The number of fused-ring (bicyclic) bond motifs is 1. The molecule has 1 aromatic heterocycles. The number of unbranched alkanes of at least 4 members (excludes halogenated alkanes) is 1. The topological polar surface area (TPSA) is 83.7 Å². The van der Waals surface area contributed by atoms with Gasteiger partial charge in [0, 0.05) is 44.2 Å². The Morgan fingerprint density at radius 2 is 1.70 bits per heavy atom. The van der Waals surface area contributed by atoms with Crippen LogP contribution in [0, 0.1) is 11.3 Å². The van der Waals surface area contributed by atoms with E-state index in [4.69, 9.17) is 4.98 Å². The molecule has 0 saturated carbocycles. The van der Waals surface area contributed by atoms with Crippen LogP contribution in [0.5, 0.6) is 0 Å². The van der Waals surface area contributed by atoms with Crippen molar-refractivity contribution in [2.45, 2.75) is 51.1 Å². The number of nitrogens with zero attached hydrogens (tertiary/aromatic N) is 5. The lowest BCUT2D eigenvalue weighted by Gasteiger charge is -2.30. The summed E-state index contributed by atoms with van der Waals surface area (Å²) >= 11 is 0. The molecule has 1 N–H and O–H groups in total. The van der Waals surface area contributed by atoms with Gasteiger partial charge in [0.1, 0.15) is 5.82 Å². The van der Waals surface area contributed by atoms with Gasteiger partial charge in [-0.2, -0.15) is 5.26 Å². The molecule has 226 valence electrons. The number of hydrogen-bond donors (Lipinski definition) is 1. The molecule has 2 aliphatic rings. The predicted molar refractivity (Wildman–Crippen MR) is 175 cm³/mol. The molecule has 3 aromatic carbocycles. The number of aliphatic hydroxyl groups excluding tert-OH is 1. The normalized spacial score (nSPS) is 16.8. The van der Waals surface area contributed by atoms with Gasteiger partial charge in [0.25, 0.3) is 5.91 Å². The van der Waals surface area contributed by atoms with Gasteiger partial charge in [0.15, 0.2) is 0 Å². The Kier molecular flexibility index (Phi) is 9.50. The fraction of sp³-hybridized carbons (Fsp3) is 0.378. The van der Waals surface area contributed by atoms with Crippen LogP contribution in [-0.4, -0.2) is 71.2 Å². The maximum absolute atomic E-state index is 14.6. The molecule has 2 aliphatic heterocycles. The average molecular weight is 588 g/mol. The number of likely N-dealkylation sites (tertiary alicyclic amines) is 2. The van der Waals surface area contributed by atoms with E-state index in [0.29, 0.717) is 24.1 Å². The summed E-state index contributed by atoms with van der Waals surface area (Å²) < 4.78 is 0. The molecule has 2 saturated heterocycles. The number of nitriles is 1. The van der Waals surface area contributed by atoms with Crippen molar-refractivity contribution in [1.82, 2.24) is 14.8 Å². The van der Waals surface area contributed by atoms with Gasteiger partial charge >= 0.3 is 0 Å². The maximum atomic E-state index is 14.6. The van der Waals surface area contributed by atoms with Crippen molar-refractivity contribution < 1.29 is 9.90 Å². The van der Waals surface area contributed by atoms with Crippen LogP contribution >= 0.6 is 0 Å². The predicted octanol–water partition coefficient (Wildman–Crippen LogP) is 6.25. The number of aromatic nitrogens is 1. The van der Waals surface area contributed by atoms with E-state index in [9.17, 15) is 15.2 Å². The highest BCUT2D eigenvalue weighted by atomic mass is 16.3. The van der Waals surface area contributed by atoms with E-state index in [-0.39, 0.29) is 18.6 Å². The molecule has 6 rings (SSSR count). The lowest BCUT2D eigenvalue weighted by atomic mass is 9.99. The highest BCUT2D eigenvalue weighted by molar-refractivity contribution is 6.08. The molecule has 3 heterocycles. The zero-order valence-electron chi connectivity index (χ0n) is 25.4. The maximum Gasteiger partial charge on any atom is 0.254 e. The molecule has 7 heteroatoms. The Bertz CT molecular complexity index is 1610. The van der Waals surface area contributed by atoms with Crippen molar-refractivity contribution in [2.24, 2.45) is 0 Å². The Balaban J connectivity index is 1.41. The molecule has 0 aliphatic carbocycles. The summed E-state index contributed by atoms with van der Waals surface area (Å²) in [6, 6.07) is 28.5. The zero-order valence-corrected chi connectivity index (χ0v) is 25.4. The fourth-order valence-electron chi connectivity index (χ4n) is 6.67. The lowest BCUT2D eigenvalue weighted by molar-refractivity contribution is 0.0710. The largest absolute Gasteiger partial charge is 0.396 e. The second kappa shape index (κ2) is 14.0. The first-order valence-electron chi connectivity index (χ1n) is 16.0. The van der Waals surface area contributed by atoms with Crippen molar-refractivity contribution in [3.05, 3.63) is 95.6 Å². The van der Waals surface area contributed by atoms with Crippen LogP contribution in [0.4, 0.5) is 5.82 Å². The first-order valence-corrected chi connectivity index (χ1v) is 16.0. The quantitative estimate of drug-likeness (QED) is 0.209. The molecule has 1 atom stereocenters. The number of carbonyl (C=O) groups excluding carboxylic acids is 1. The standard InChI is InChI=1S/C37H41N5O2/c38-25-28-12-14-30(15-13-28)31-16-17-35-33(23-31)34(37(44)42-21-8-11-32(42)27-40-18-4-5-19-40)24-36(39-35)41(20-6-7-22-43)26-29-9-2-1-3-10-29/h1-3,9-10,12-17,23-24,32,43H,4-8,11,18-22,26-27H2/t32-/m0/s1. The van der Waals surface area contributed by atoms with Gasteiger partial charge in [-0.1, -0.05) is 48.5 Å². The average Bonchev–Trinajstić information content (AvgIpc) is 3.76. The second-order valence-corrected chi connectivity index (χ2v) is 12.1. The highest BCUT2D eigenvalue weighted by Crippen LogP contribution is 2.32. The number of aliphatic hydroxyl groups is 1. The SMILES string of the molecule is N#Cc1ccc(-c2ccc3nc(N(CCCCO)Cc4ccccc4)cc(C(=O)N4CCC[C@H]4CN4CCCC4)c3c2)cc1. The van der Waals surface area contributed by atoms with Crippen molar-refractivity contribution in [3.8, 4) is 17.2 Å². The van der Waals surface area contributed by atoms with Gasteiger partial charge < -0.3 is 19.8 Å². The number of rotatable bonds is 11. The van der Waals surface area contributed by atoms with Crippen LogP contribution in [0.3, 0.4) is 0 Å². The zero-order chi connectivity index (χ0) is 30.3. The molecule has 44 heavy (non-hydrogen) atoms. The summed E-state index contributed by atoms with van der Waals surface area (Å²) in [5, 5.41) is 19.6. The minimum Gasteiger partial charge on any atom is -0.396 e. The van der Waals surface area contributed by atoms with E-state index >= 15 is 0 Å². The number of benzene rings is 3. The molecule has 0 radical (unpaired) electrons. The molecule has 4 aromatic rings. The Hall–Kier alpha value is -4.25. The molecular formula is C37H41N5O2. The van der Waals surface area contributed by atoms with Gasteiger partial charge in [0.2, 0.25) is 0 Å². The third-order valence-corrected chi connectivity index (χ3v) is 9.05. The molecule has 0 spiro atoms. The van der Waals surface area contributed by atoms with Crippen LogP contribution < -0.4 is 4.90 Å². The summed E-state index contributed by atoms with van der Waals surface area (Å²) in [7, 11) is 0. The highest BCUT2D eigenvalue weighted by Gasteiger charge is 2.32. The number of carbonyl (C=O) groups is 1. The van der Waals surface area contributed by atoms with Crippen molar-refractivity contribution in [1.29, 1.82) is 5.26 Å². The molecule has 2 fully saturated rings. The molecular weight excluding hydrogens is 546 g/mol. The van der Waals surface area contributed by atoms with Crippen LogP contribution in [-0.2, 0) is 6.54 Å². The fourth-order valence-corrected chi connectivity index (χ4v) is 6.67. The van der Waals surface area contributed by atoms with Gasteiger partial charge in [-0.25, -0.2) is 4.98 Å². The van der Waals surface area contributed by atoms with Crippen molar-refractivity contribution in [3.63, 3.8) is 0 Å². The third kappa shape index (κ3) is 6.77. The Morgan fingerprint density at radius 1 is 0.932 bits per heavy atom. The molecule has 1 amide bonds. The van der Waals surface area contributed by atoms with Crippen LogP contribution in [0.1, 0.15) is 60.0 Å². The van der Waals surface area contributed by atoms with E-state index in [1.54, 1.807) is 0 Å². The van der Waals surface area contributed by atoms with E-state index < -0.39 is 0 Å². The van der Waals surface area contributed by atoms with E-state index in [1.165, 1.54) is 18.4 Å². The summed E-state index contributed by atoms with van der Waals surface area (Å²) in [5.41, 5.74) is 5.26. The van der Waals surface area contributed by atoms with E-state index in [1.807, 2.05) is 60.7 Å². The number of pyridine rings is 1. The van der Waals surface area contributed by atoms with Gasteiger partial charge in [-0.15, -0.1) is 0 Å². The smallest absolute Gasteiger partial charge is 0.254 e. The summed E-state index contributed by atoms with van der Waals surface area (Å²) in [6.45, 7) is 5.51. The van der Waals surface area contributed by atoms with E-state index in [2.05, 4.69) is 39.0 Å². The second-order valence-electron chi connectivity index (χ2n) is 12.1. The minimum atomic E-state index is 0.0762. The Labute approximate surface area is 260 Å². The molecule has 0 bridgehead atoms. The Morgan fingerprint density at radius 3 is 2.45 bits per heavy atom. The first-order chi connectivity index (χ1) is 21.6. The van der Waals surface area contributed by atoms with Gasteiger partial charge in [0.05, 0.1) is 22.7 Å². The van der Waals surface area contributed by atoms with Crippen LogP contribution in [0.15, 0.2) is 78.9 Å². The first kappa shape index (κ1) is 29.8. The van der Waals surface area contributed by atoms with E-state index in [0.717, 1.165) is 79.8 Å². The minimum absolute atomic E-state index is 0.0762. The van der Waals surface area contributed by atoms with Crippen LogP contribution in [0.25, 0.3) is 22.0 Å². The third-order valence-electron chi connectivity index (χ3n) is 9.05. The monoisotopic (exact) mass is 587 g/mol. The van der Waals surface area contributed by atoms with Gasteiger partial charge in [-0.3, -0.25) is 4.79 Å².